The standard InChI is InChI=1S/C11H9N3O5/c1-13-6-7(5-12-13)19-9-4-2-3-8(11(15)16)10(9)14(17)18/h2-6H,1H3,(H,15,16). The summed E-state index contributed by atoms with van der Waals surface area (Å²) in [6.45, 7) is 0. The van der Waals surface area contributed by atoms with Gasteiger partial charge in [0.05, 0.1) is 17.3 Å². The molecule has 0 radical (unpaired) electrons. The maximum atomic E-state index is 11.0. The molecule has 0 atom stereocenters. The number of hydrogen-bond donors (Lipinski definition) is 1. The minimum Gasteiger partial charge on any atom is -0.477 e. The number of rotatable bonds is 4. The van der Waals surface area contributed by atoms with E-state index in [-0.39, 0.29) is 11.5 Å². The highest BCUT2D eigenvalue weighted by Gasteiger charge is 2.25. The molecule has 1 aromatic heterocycles. The van der Waals surface area contributed by atoms with Gasteiger partial charge in [-0.25, -0.2) is 4.79 Å². The van der Waals surface area contributed by atoms with Gasteiger partial charge in [-0.2, -0.15) is 5.10 Å². The van der Waals surface area contributed by atoms with Gasteiger partial charge in [-0.05, 0) is 12.1 Å². The normalized spacial score (nSPS) is 10.2. The first-order valence-corrected chi connectivity index (χ1v) is 5.16. The minimum absolute atomic E-state index is 0.141. The molecule has 0 aliphatic rings. The van der Waals surface area contributed by atoms with E-state index in [1.54, 1.807) is 7.05 Å². The largest absolute Gasteiger partial charge is 0.477 e. The molecule has 0 fully saturated rings. The van der Waals surface area contributed by atoms with Crippen molar-refractivity contribution in [2.45, 2.75) is 0 Å². The molecule has 0 saturated heterocycles. The van der Waals surface area contributed by atoms with Gasteiger partial charge in [0.2, 0.25) is 5.75 Å². The third-order valence-electron chi connectivity index (χ3n) is 2.32. The lowest BCUT2D eigenvalue weighted by Crippen LogP contribution is -2.04. The van der Waals surface area contributed by atoms with E-state index < -0.39 is 22.1 Å². The third-order valence-corrected chi connectivity index (χ3v) is 2.32. The lowest BCUT2D eigenvalue weighted by molar-refractivity contribution is -0.386. The quantitative estimate of drug-likeness (QED) is 0.665. The highest BCUT2D eigenvalue weighted by atomic mass is 16.6. The van der Waals surface area contributed by atoms with Crippen LogP contribution in [-0.2, 0) is 7.05 Å². The molecule has 0 bridgehead atoms. The molecule has 0 aliphatic carbocycles. The van der Waals surface area contributed by atoms with Crippen molar-refractivity contribution in [3.63, 3.8) is 0 Å². The summed E-state index contributed by atoms with van der Waals surface area (Å²) in [7, 11) is 1.66. The van der Waals surface area contributed by atoms with Crippen LogP contribution in [0.15, 0.2) is 30.6 Å². The number of aromatic carboxylic acids is 1. The molecule has 8 nitrogen and oxygen atoms in total. The van der Waals surface area contributed by atoms with Gasteiger partial charge in [-0.15, -0.1) is 0 Å². The first-order chi connectivity index (χ1) is 8.99. The number of para-hydroxylation sites is 1. The number of carboxylic acids is 1. The molecule has 0 spiro atoms. The van der Waals surface area contributed by atoms with Gasteiger partial charge in [0.1, 0.15) is 5.56 Å². The molecule has 1 heterocycles. The number of benzene rings is 1. The van der Waals surface area contributed by atoms with Crippen LogP contribution >= 0.6 is 0 Å². The van der Waals surface area contributed by atoms with E-state index in [1.165, 1.54) is 29.2 Å². The number of nitrogens with zero attached hydrogens (tertiary/aromatic N) is 3. The number of aromatic nitrogens is 2. The number of aryl methyl sites for hydroxylation is 1. The Morgan fingerprint density at radius 2 is 2.26 bits per heavy atom. The van der Waals surface area contributed by atoms with Crippen LogP contribution in [0.1, 0.15) is 10.4 Å². The number of ether oxygens (including phenoxy) is 1. The molecule has 1 N–H and O–H groups in total. The maximum Gasteiger partial charge on any atom is 0.342 e. The van der Waals surface area contributed by atoms with E-state index in [1.807, 2.05) is 0 Å². The summed E-state index contributed by atoms with van der Waals surface area (Å²) in [5.74, 6) is -1.24. The molecule has 0 saturated carbocycles. The van der Waals surface area contributed by atoms with Crippen LogP contribution in [0.25, 0.3) is 0 Å². The second-order valence-electron chi connectivity index (χ2n) is 3.67. The Bertz CT molecular complexity index is 650. The molecule has 98 valence electrons. The Balaban J connectivity index is 2.47. The fourth-order valence-corrected chi connectivity index (χ4v) is 1.54. The molecule has 1 aromatic carbocycles. The van der Waals surface area contributed by atoms with E-state index in [2.05, 4.69) is 5.10 Å². The molecule has 0 aliphatic heterocycles. The Kier molecular flexibility index (Phi) is 3.15. The van der Waals surface area contributed by atoms with Gasteiger partial charge in [0.25, 0.3) is 0 Å². The molecular formula is C11H9N3O5. The van der Waals surface area contributed by atoms with E-state index in [0.29, 0.717) is 0 Å². The van der Waals surface area contributed by atoms with Crippen molar-refractivity contribution in [2.75, 3.05) is 0 Å². The first kappa shape index (κ1) is 12.6. The Morgan fingerprint density at radius 3 is 2.79 bits per heavy atom. The first-order valence-electron chi connectivity index (χ1n) is 5.16. The SMILES string of the molecule is Cn1cc(Oc2cccc(C(=O)O)c2[N+](=O)[O-])cn1. The Morgan fingerprint density at radius 1 is 1.53 bits per heavy atom. The highest BCUT2D eigenvalue weighted by molar-refractivity contribution is 5.93. The van der Waals surface area contributed by atoms with Gasteiger partial charge < -0.3 is 9.84 Å². The lowest BCUT2D eigenvalue weighted by atomic mass is 10.1. The van der Waals surface area contributed by atoms with Gasteiger partial charge in [0.15, 0.2) is 5.75 Å². The van der Waals surface area contributed by atoms with Crippen molar-refractivity contribution in [3.05, 3.63) is 46.3 Å². The van der Waals surface area contributed by atoms with Crippen LogP contribution in [-0.4, -0.2) is 25.8 Å². The second kappa shape index (κ2) is 4.77. The van der Waals surface area contributed by atoms with Crippen molar-refractivity contribution in [2.24, 2.45) is 7.05 Å². The van der Waals surface area contributed by atoms with Crippen molar-refractivity contribution in [1.29, 1.82) is 0 Å². The summed E-state index contributed by atoms with van der Waals surface area (Å²) >= 11 is 0. The summed E-state index contributed by atoms with van der Waals surface area (Å²) < 4.78 is 6.75. The second-order valence-corrected chi connectivity index (χ2v) is 3.67. The molecule has 2 rings (SSSR count). The average Bonchev–Trinajstić information content (AvgIpc) is 2.74. The Hall–Kier alpha value is -2.90. The zero-order valence-corrected chi connectivity index (χ0v) is 9.81. The molecule has 19 heavy (non-hydrogen) atoms. The minimum atomic E-state index is -1.39. The predicted molar refractivity (Wildman–Crippen MR) is 63.3 cm³/mol. The van der Waals surface area contributed by atoms with Crippen molar-refractivity contribution < 1.29 is 19.6 Å². The molecule has 0 unspecified atom stereocenters. The number of nitro benzene ring substituents is 1. The van der Waals surface area contributed by atoms with Gasteiger partial charge in [0, 0.05) is 7.05 Å². The molecular weight excluding hydrogens is 254 g/mol. The van der Waals surface area contributed by atoms with E-state index in [4.69, 9.17) is 9.84 Å². The summed E-state index contributed by atoms with van der Waals surface area (Å²) in [5, 5.41) is 23.8. The van der Waals surface area contributed by atoms with E-state index in [9.17, 15) is 14.9 Å². The van der Waals surface area contributed by atoms with Gasteiger partial charge in [-0.1, -0.05) is 6.07 Å². The van der Waals surface area contributed by atoms with Crippen molar-refractivity contribution in [1.82, 2.24) is 9.78 Å². The van der Waals surface area contributed by atoms with Crippen LogP contribution in [0.2, 0.25) is 0 Å². The summed E-state index contributed by atoms with van der Waals surface area (Å²) in [5.41, 5.74) is -1.01. The highest BCUT2D eigenvalue weighted by Crippen LogP contribution is 2.34. The fraction of sp³-hybridized carbons (Fsp3) is 0.0909. The molecule has 2 aromatic rings. The molecule has 8 heteroatoms. The summed E-state index contributed by atoms with van der Waals surface area (Å²) in [6.07, 6.45) is 2.88. The van der Waals surface area contributed by atoms with Crippen molar-refractivity contribution >= 4 is 11.7 Å². The zero-order valence-electron chi connectivity index (χ0n) is 9.81. The monoisotopic (exact) mass is 263 g/mol. The van der Waals surface area contributed by atoms with Gasteiger partial charge in [-0.3, -0.25) is 14.8 Å². The van der Waals surface area contributed by atoms with Crippen LogP contribution in [0.5, 0.6) is 11.5 Å². The third kappa shape index (κ3) is 2.51. The van der Waals surface area contributed by atoms with E-state index in [0.717, 1.165) is 6.07 Å². The van der Waals surface area contributed by atoms with Crippen LogP contribution in [0.4, 0.5) is 5.69 Å². The lowest BCUT2D eigenvalue weighted by Gasteiger charge is -2.05. The Labute approximate surface area is 107 Å². The fourth-order valence-electron chi connectivity index (χ4n) is 1.54. The number of carboxylic acid groups (broad SMARTS) is 1. The summed E-state index contributed by atoms with van der Waals surface area (Å²) in [4.78, 5) is 21.2. The van der Waals surface area contributed by atoms with Gasteiger partial charge >= 0.3 is 11.7 Å². The topological polar surface area (TPSA) is 107 Å². The molecule has 0 amide bonds. The number of hydrogen-bond acceptors (Lipinski definition) is 5. The van der Waals surface area contributed by atoms with Crippen LogP contribution < -0.4 is 4.74 Å². The number of carbonyl (C=O) groups is 1. The van der Waals surface area contributed by atoms with E-state index >= 15 is 0 Å². The number of nitro groups is 1. The van der Waals surface area contributed by atoms with Crippen LogP contribution in [0, 0.1) is 10.1 Å². The summed E-state index contributed by atoms with van der Waals surface area (Å²) in [6, 6.07) is 3.86. The van der Waals surface area contributed by atoms with Crippen molar-refractivity contribution in [3.8, 4) is 11.5 Å². The predicted octanol–water partition coefficient (Wildman–Crippen LogP) is 1.82. The maximum absolute atomic E-state index is 11.0. The average molecular weight is 263 g/mol. The van der Waals surface area contributed by atoms with Crippen LogP contribution in [0.3, 0.4) is 0 Å². The smallest absolute Gasteiger partial charge is 0.342 e. The zero-order chi connectivity index (χ0) is 14.0.